The fourth-order valence-corrected chi connectivity index (χ4v) is 3.96. The Balaban J connectivity index is 0. The van der Waals surface area contributed by atoms with Crippen molar-refractivity contribution >= 4 is 0 Å². The SMILES string of the molecule is CC1(C)CCCC(C)(C)N1O.CC1(C)CCCC(C)(C)N1[O-].[Na+].[O-][Cl+3]([O-])([O-])O. The standard InChI is InChI=1S/C9H19NO.C9H18NO.ClHO4.Na/c2*1-8(2)6-5-7-9(3,4)10(8)11;2-1(3,4)5;/h11H,5-7H2,1-4H3;5-7H2,1-4H3;(H,2,3,4,5);/q;-1;;+1. The maximum absolute atomic E-state index is 11.7. The zero-order chi connectivity index (χ0) is 21.9. The average Bonchev–Trinajstić information content (AvgIpc) is 2.41. The second kappa shape index (κ2) is 11.0. The van der Waals surface area contributed by atoms with Gasteiger partial charge in [0.25, 0.3) is 0 Å². The number of hydrogen-bond acceptors (Lipinski definition) is 8. The number of halogens is 1. The topological polar surface area (TPSA) is 139 Å². The second-order valence-electron chi connectivity index (χ2n) is 9.96. The van der Waals surface area contributed by atoms with Crippen LogP contribution in [0.5, 0.6) is 0 Å². The summed E-state index contributed by atoms with van der Waals surface area (Å²) in [5.41, 5.74) is -0.382. The molecule has 2 N–H and O–H groups in total. The molecule has 2 saturated heterocycles. The van der Waals surface area contributed by atoms with Crippen LogP contribution in [-0.2, 0) is 0 Å². The first-order valence-corrected chi connectivity index (χ1v) is 10.6. The van der Waals surface area contributed by atoms with E-state index in [4.69, 9.17) is 18.6 Å². The molecule has 0 unspecified atom stereocenters. The van der Waals surface area contributed by atoms with Crippen molar-refractivity contribution in [2.45, 2.75) is 116 Å². The van der Waals surface area contributed by atoms with Crippen molar-refractivity contribution in [2.75, 3.05) is 0 Å². The molecule has 0 radical (unpaired) electrons. The Morgan fingerprint density at radius 3 is 1.07 bits per heavy atom. The quantitative estimate of drug-likeness (QED) is 0.409. The molecule has 2 fully saturated rings. The van der Waals surface area contributed by atoms with Crippen molar-refractivity contribution in [1.29, 1.82) is 0 Å². The van der Waals surface area contributed by atoms with E-state index in [1.54, 1.807) is 0 Å². The summed E-state index contributed by atoms with van der Waals surface area (Å²) in [6.07, 6.45) is 6.63. The summed E-state index contributed by atoms with van der Waals surface area (Å²) in [5.74, 6) is 0. The van der Waals surface area contributed by atoms with Crippen LogP contribution in [0.25, 0.3) is 0 Å². The summed E-state index contributed by atoms with van der Waals surface area (Å²) in [6, 6.07) is 0. The summed E-state index contributed by atoms with van der Waals surface area (Å²) < 4.78 is 32.7. The molecule has 2 rings (SSSR count). The average molecular weight is 437 g/mol. The van der Waals surface area contributed by atoms with Crippen LogP contribution in [0.3, 0.4) is 0 Å². The van der Waals surface area contributed by atoms with Gasteiger partial charge in [-0.2, -0.15) is 19.0 Å². The molecule has 0 atom stereocenters. The number of piperidine rings is 2. The Hall–Kier alpha value is 0.970. The van der Waals surface area contributed by atoms with Crippen LogP contribution < -0.4 is 43.5 Å². The molecule has 10 heteroatoms. The van der Waals surface area contributed by atoms with E-state index in [1.807, 2.05) is 27.7 Å². The first-order chi connectivity index (χ1) is 11.7. The summed E-state index contributed by atoms with van der Waals surface area (Å²) in [5, 5.41) is 24.3. The molecule has 2 aliphatic rings. The van der Waals surface area contributed by atoms with Crippen molar-refractivity contribution in [3.05, 3.63) is 5.21 Å². The van der Waals surface area contributed by atoms with Gasteiger partial charge in [-0.1, -0.05) is 0 Å². The third-order valence-corrected chi connectivity index (χ3v) is 5.40. The predicted molar refractivity (Wildman–Crippen MR) is 95.1 cm³/mol. The van der Waals surface area contributed by atoms with E-state index in [1.165, 1.54) is 23.0 Å². The van der Waals surface area contributed by atoms with Crippen molar-refractivity contribution in [1.82, 2.24) is 10.1 Å². The first-order valence-electron chi connectivity index (χ1n) is 9.32. The molecule has 0 aromatic rings. The van der Waals surface area contributed by atoms with Crippen molar-refractivity contribution in [2.24, 2.45) is 0 Å². The van der Waals surface area contributed by atoms with E-state index >= 15 is 0 Å². The second-order valence-corrected chi connectivity index (χ2v) is 10.8. The third kappa shape index (κ3) is 10.8. The number of hydrogen-bond donors (Lipinski definition) is 2. The molecule has 0 saturated carbocycles. The van der Waals surface area contributed by atoms with Crippen LogP contribution in [0.4, 0.5) is 0 Å². The minimum Gasteiger partial charge on any atom is -0.784 e. The fraction of sp³-hybridized carbons (Fsp3) is 1.00. The molecule has 0 amide bonds. The van der Waals surface area contributed by atoms with Crippen molar-refractivity contribution in [3.8, 4) is 0 Å². The van der Waals surface area contributed by atoms with Gasteiger partial charge < -0.3 is 15.5 Å². The van der Waals surface area contributed by atoms with Gasteiger partial charge in [-0.05, 0) is 93.9 Å². The maximum atomic E-state index is 11.7. The Labute approximate surface area is 194 Å². The van der Waals surface area contributed by atoms with Gasteiger partial charge in [-0.15, -0.1) is 0 Å². The van der Waals surface area contributed by atoms with E-state index in [0.717, 1.165) is 25.7 Å². The van der Waals surface area contributed by atoms with E-state index in [9.17, 15) is 10.4 Å². The van der Waals surface area contributed by atoms with Gasteiger partial charge in [0.1, 0.15) is 0 Å². The van der Waals surface area contributed by atoms with Crippen LogP contribution in [0, 0.1) is 15.5 Å². The number of nitrogens with zero attached hydrogens (tertiary/aromatic N) is 2. The van der Waals surface area contributed by atoms with Crippen molar-refractivity contribution < 1.29 is 63.6 Å². The van der Waals surface area contributed by atoms with Gasteiger partial charge in [-0.3, -0.25) is 0 Å². The predicted octanol–water partition coefficient (Wildman–Crippen LogP) is -2.17. The molecular formula is C18H38ClN2NaO6. The molecule has 0 spiro atoms. The number of rotatable bonds is 0. The monoisotopic (exact) mass is 436 g/mol. The third-order valence-electron chi connectivity index (χ3n) is 5.40. The summed E-state index contributed by atoms with van der Waals surface area (Å²) >= 11 is 0. The summed E-state index contributed by atoms with van der Waals surface area (Å²) in [7, 11) is -4.69. The molecule has 0 aromatic carbocycles. The Kier molecular flexibility index (Phi) is 12.3. The van der Waals surface area contributed by atoms with Gasteiger partial charge in [0.2, 0.25) is 0 Å². The van der Waals surface area contributed by atoms with E-state index < -0.39 is 10.2 Å². The Bertz CT molecular complexity index is 395. The normalized spacial score (nSPS) is 25.9. The molecule has 8 nitrogen and oxygen atoms in total. The van der Waals surface area contributed by atoms with Crippen LogP contribution in [0.1, 0.15) is 93.9 Å². The minimum absolute atomic E-state index is 0. The first kappa shape index (κ1) is 31.2. The molecule has 0 aromatic heterocycles. The molecular weight excluding hydrogens is 399 g/mol. The zero-order valence-corrected chi connectivity index (χ0v) is 21.8. The molecule has 2 heterocycles. The molecule has 0 aliphatic carbocycles. The molecule has 28 heavy (non-hydrogen) atoms. The van der Waals surface area contributed by atoms with E-state index in [0.29, 0.717) is 0 Å². The van der Waals surface area contributed by atoms with Gasteiger partial charge in [0.05, 0.1) is 14.9 Å². The fourth-order valence-electron chi connectivity index (χ4n) is 3.96. The van der Waals surface area contributed by atoms with Crippen LogP contribution in [-0.4, -0.2) is 42.1 Å². The van der Waals surface area contributed by atoms with Crippen molar-refractivity contribution in [3.63, 3.8) is 0 Å². The largest absolute Gasteiger partial charge is 1.00 e. The summed E-state index contributed by atoms with van der Waals surface area (Å²) in [6.45, 7) is 16.5. The van der Waals surface area contributed by atoms with Gasteiger partial charge in [-0.25, -0.2) is 0 Å². The molecule has 2 aliphatic heterocycles. The van der Waals surface area contributed by atoms with Gasteiger partial charge in [0.15, 0.2) is 0 Å². The Morgan fingerprint density at radius 1 is 0.679 bits per heavy atom. The van der Waals surface area contributed by atoms with Gasteiger partial charge >= 0.3 is 29.6 Å². The molecule has 0 bridgehead atoms. The zero-order valence-electron chi connectivity index (χ0n) is 19.0. The Morgan fingerprint density at radius 2 is 0.893 bits per heavy atom. The smallest absolute Gasteiger partial charge is 0.784 e. The van der Waals surface area contributed by atoms with Gasteiger partial charge in [0, 0.05) is 22.2 Å². The van der Waals surface area contributed by atoms with E-state index in [2.05, 4.69) is 27.7 Å². The van der Waals surface area contributed by atoms with Crippen LogP contribution in [0.15, 0.2) is 0 Å². The minimum atomic E-state index is -4.69. The number of hydroxylamine groups is 4. The van der Waals surface area contributed by atoms with Crippen LogP contribution >= 0.6 is 0 Å². The van der Waals surface area contributed by atoms with Crippen LogP contribution in [0.2, 0.25) is 0 Å². The molecule has 164 valence electrons. The maximum Gasteiger partial charge on any atom is 1.00 e. The summed E-state index contributed by atoms with van der Waals surface area (Å²) in [4.78, 5) is 0. The van der Waals surface area contributed by atoms with E-state index in [-0.39, 0.29) is 51.7 Å².